The van der Waals surface area contributed by atoms with Gasteiger partial charge in [-0.1, -0.05) is 0 Å². The zero-order valence-electron chi connectivity index (χ0n) is 1.28. The van der Waals surface area contributed by atoms with Gasteiger partial charge in [-0.2, -0.15) is 0 Å². The van der Waals surface area contributed by atoms with Gasteiger partial charge in [0, 0.05) is 66.3 Å². The van der Waals surface area contributed by atoms with Crippen LogP contribution in [0.5, 0.6) is 0 Å². The molecule has 0 aliphatic rings. The van der Waals surface area contributed by atoms with E-state index in [1.54, 1.807) is 0 Å². The summed E-state index contributed by atoms with van der Waals surface area (Å²) in [7, 11) is 0. The van der Waals surface area contributed by atoms with Crippen molar-refractivity contribution in [1.29, 1.82) is 0 Å². The number of rotatable bonds is 0. The van der Waals surface area contributed by atoms with Crippen LogP contribution in [0.25, 0.3) is 0 Å². The second-order valence-electron chi connectivity index (χ2n) is 0. The summed E-state index contributed by atoms with van der Waals surface area (Å²) in [5, 5.41) is 0. The molecular formula is CoNi3. The molecule has 0 atom stereocenters. The van der Waals surface area contributed by atoms with Crippen LogP contribution in [0.1, 0.15) is 0 Å². The second-order valence-corrected chi connectivity index (χ2v) is 0. The van der Waals surface area contributed by atoms with Crippen molar-refractivity contribution in [2.75, 3.05) is 0 Å². The SMILES string of the molecule is [Co].[Ni].[Ni].[Ni]. The average Bonchev–Trinajstić information content (AvgIpc) is 0. The quantitative estimate of drug-likeness (QED) is 0.518. The normalized spacial score (nSPS) is 0. The molecule has 4 heteroatoms. The molecule has 0 aliphatic carbocycles. The van der Waals surface area contributed by atoms with Crippen LogP contribution in [-0.2, 0) is 66.3 Å². The molecule has 0 bridgehead atoms. The minimum Gasteiger partial charge on any atom is 0 e. The Kier molecular flexibility index (Phi) is 189. The second kappa shape index (κ2) is 20.1. The van der Waals surface area contributed by atoms with E-state index in [2.05, 4.69) is 0 Å². The molecule has 0 nitrogen and oxygen atoms in total. The Bertz CT molecular complexity index is 3.25. The molecule has 0 heterocycles. The van der Waals surface area contributed by atoms with Crippen molar-refractivity contribution in [3.8, 4) is 0 Å². The first kappa shape index (κ1) is 37.7. The molecule has 0 aromatic rings. The smallest absolute Gasteiger partial charge is 0 e. The molecule has 0 saturated carbocycles. The van der Waals surface area contributed by atoms with Crippen molar-refractivity contribution in [3.05, 3.63) is 0 Å². The monoisotopic (exact) mass is 233 g/mol. The summed E-state index contributed by atoms with van der Waals surface area (Å²) >= 11 is 0. The van der Waals surface area contributed by atoms with E-state index in [9.17, 15) is 0 Å². The maximum absolute atomic E-state index is 0. The fraction of sp³-hybridized carbons (Fsp3) is 0. The van der Waals surface area contributed by atoms with E-state index in [0.29, 0.717) is 0 Å². The van der Waals surface area contributed by atoms with Gasteiger partial charge in [-0.05, 0) is 0 Å². The summed E-state index contributed by atoms with van der Waals surface area (Å²) in [4.78, 5) is 0. The molecule has 0 aromatic heterocycles. The molecule has 0 fully saturated rings. The summed E-state index contributed by atoms with van der Waals surface area (Å²) in [5.74, 6) is 0. The third kappa shape index (κ3) is 9.01. The van der Waals surface area contributed by atoms with Gasteiger partial charge in [0.15, 0.2) is 0 Å². The number of hydrogen-bond acceptors (Lipinski definition) is 0. The van der Waals surface area contributed by atoms with Crippen LogP contribution in [0.15, 0.2) is 0 Å². The van der Waals surface area contributed by atoms with Crippen molar-refractivity contribution in [2.45, 2.75) is 0 Å². The standard InChI is InChI=1S/Co.3Ni. The fourth-order valence-corrected chi connectivity index (χ4v) is 0. The van der Waals surface area contributed by atoms with Gasteiger partial charge in [-0.25, -0.2) is 0 Å². The van der Waals surface area contributed by atoms with Crippen LogP contribution in [0.3, 0.4) is 0 Å². The predicted molar refractivity (Wildman–Crippen MR) is 0 cm³/mol. The maximum atomic E-state index is 0. The van der Waals surface area contributed by atoms with Crippen molar-refractivity contribution in [1.82, 2.24) is 0 Å². The summed E-state index contributed by atoms with van der Waals surface area (Å²) < 4.78 is 0. The van der Waals surface area contributed by atoms with E-state index < -0.39 is 0 Å². The van der Waals surface area contributed by atoms with Gasteiger partial charge in [-0.3, -0.25) is 0 Å². The first-order valence-corrected chi connectivity index (χ1v) is 0. The third-order valence-corrected chi connectivity index (χ3v) is 0. The van der Waals surface area contributed by atoms with E-state index in [4.69, 9.17) is 0 Å². The summed E-state index contributed by atoms with van der Waals surface area (Å²) in [6.45, 7) is 0. The van der Waals surface area contributed by atoms with Crippen LogP contribution in [0.4, 0.5) is 0 Å². The van der Waals surface area contributed by atoms with Gasteiger partial charge in [0.05, 0.1) is 0 Å². The summed E-state index contributed by atoms with van der Waals surface area (Å²) in [6, 6.07) is 0. The van der Waals surface area contributed by atoms with Crippen LogP contribution >= 0.6 is 0 Å². The molecule has 0 aliphatic heterocycles. The molecule has 0 aromatic carbocycles. The predicted octanol–water partition coefficient (Wildman–Crippen LogP) is -0.0100. The minimum absolute atomic E-state index is 0. The minimum atomic E-state index is 0. The maximum Gasteiger partial charge on any atom is 0 e. The largest absolute Gasteiger partial charge is 0 e. The molecule has 0 spiro atoms. The molecule has 1 radical (unpaired) electrons. The van der Waals surface area contributed by atoms with E-state index in [1.807, 2.05) is 0 Å². The van der Waals surface area contributed by atoms with Gasteiger partial charge in [0.1, 0.15) is 0 Å². The van der Waals surface area contributed by atoms with Crippen LogP contribution in [0, 0.1) is 0 Å². The Morgan fingerprint density at radius 3 is 0.500 bits per heavy atom. The van der Waals surface area contributed by atoms with Crippen LogP contribution in [-0.4, -0.2) is 0 Å². The Hall–Kier alpha value is 1.99. The van der Waals surface area contributed by atoms with Crippen LogP contribution < -0.4 is 0 Å². The fourth-order valence-electron chi connectivity index (χ4n) is 0. The molecule has 0 saturated heterocycles. The zero-order chi connectivity index (χ0) is 0. The molecule has 4 heavy (non-hydrogen) atoms. The first-order valence-electron chi connectivity index (χ1n) is 0. The Labute approximate surface area is 65.8 Å². The van der Waals surface area contributed by atoms with Crippen molar-refractivity contribution < 1.29 is 66.3 Å². The Balaban J connectivity index is 0. The third-order valence-electron chi connectivity index (χ3n) is 0. The average molecular weight is 235 g/mol. The summed E-state index contributed by atoms with van der Waals surface area (Å²) in [6.07, 6.45) is 0. The van der Waals surface area contributed by atoms with E-state index in [-0.39, 0.29) is 66.3 Å². The van der Waals surface area contributed by atoms with Gasteiger partial charge < -0.3 is 0 Å². The van der Waals surface area contributed by atoms with Gasteiger partial charge in [0.25, 0.3) is 0 Å². The molecule has 0 unspecified atom stereocenters. The van der Waals surface area contributed by atoms with Crippen molar-refractivity contribution >= 4 is 0 Å². The van der Waals surface area contributed by atoms with Gasteiger partial charge in [0.2, 0.25) is 0 Å². The van der Waals surface area contributed by atoms with Crippen molar-refractivity contribution in [2.24, 2.45) is 0 Å². The molecular weight excluding hydrogens is 235 g/mol. The first-order chi connectivity index (χ1) is 0. The van der Waals surface area contributed by atoms with Crippen molar-refractivity contribution in [3.63, 3.8) is 0 Å². The van der Waals surface area contributed by atoms with E-state index in [0.717, 1.165) is 0 Å². The number of hydrogen-bond donors (Lipinski definition) is 0. The van der Waals surface area contributed by atoms with E-state index >= 15 is 0 Å². The van der Waals surface area contributed by atoms with Crippen LogP contribution in [0.2, 0.25) is 0 Å². The van der Waals surface area contributed by atoms with E-state index in [1.165, 1.54) is 0 Å². The topological polar surface area (TPSA) is 0 Å². The van der Waals surface area contributed by atoms with Gasteiger partial charge in [-0.15, -0.1) is 0 Å². The molecule has 0 amide bonds. The zero-order valence-corrected chi connectivity index (χ0v) is 5.29. The molecule has 0 N–H and O–H groups in total. The Morgan fingerprint density at radius 2 is 0.500 bits per heavy atom. The van der Waals surface area contributed by atoms with Gasteiger partial charge >= 0.3 is 0 Å². The summed E-state index contributed by atoms with van der Waals surface area (Å²) in [5.41, 5.74) is 0. The molecule has 39 valence electrons. The Morgan fingerprint density at radius 1 is 0.500 bits per heavy atom. The molecule has 0 rings (SSSR count).